The van der Waals surface area contributed by atoms with Crippen LogP contribution in [0.25, 0.3) is 0 Å². The number of carboxylic acid groups (broad SMARTS) is 1. The van der Waals surface area contributed by atoms with Gasteiger partial charge in [0.1, 0.15) is 12.1 Å². The number of rotatable bonds is 5. The number of hydrogen-bond donors (Lipinski definition) is 1. The van der Waals surface area contributed by atoms with Crippen LogP contribution in [-0.4, -0.2) is 88.9 Å². The molecule has 2 amide bonds. The fraction of sp³-hybridized carbons (Fsp3) is 0.684. The van der Waals surface area contributed by atoms with Crippen LogP contribution < -0.4 is 9.64 Å². The Balaban J connectivity index is 1.59. The standard InChI is InChI=1S/C19H26F3N5O4/c1-31-16-9-15(23-12-24-16)25-7-4-14(5-8-25)27(18(29)30)11-13-3-2-6-26(10-13)17(28)19(20,21)22/h9,12-14H,2-8,10-11H2,1H3,(H,29,30). The lowest BCUT2D eigenvalue weighted by molar-refractivity contribution is -0.187. The van der Waals surface area contributed by atoms with Gasteiger partial charge >= 0.3 is 18.2 Å². The third-order valence-electron chi connectivity index (χ3n) is 5.82. The monoisotopic (exact) mass is 445 g/mol. The summed E-state index contributed by atoms with van der Waals surface area (Å²) in [7, 11) is 1.51. The van der Waals surface area contributed by atoms with Gasteiger partial charge in [0.15, 0.2) is 0 Å². The first kappa shape index (κ1) is 22.9. The second kappa shape index (κ2) is 9.56. The molecule has 0 saturated carbocycles. The smallest absolute Gasteiger partial charge is 0.471 e. The van der Waals surface area contributed by atoms with Crippen LogP contribution in [0.2, 0.25) is 0 Å². The summed E-state index contributed by atoms with van der Waals surface area (Å²) in [5.41, 5.74) is 0. The van der Waals surface area contributed by atoms with E-state index in [1.54, 1.807) is 6.07 Å². The highest BCUT2D eigenvalue weighted by molar-refractivity contribution is 5.82. The Kier molecular flexibility index (Phi) is 7.06. The van der Waals surface area contributed by atoms with E-state index < -0.39 is 18.2 Å². The van der Waals surface area contributed by atoms with Crippen LogP contribution in [0.5, 0.6) is 5.88 Å². The third-order valence-corrected chi connectivity index (χ3v) is 5.82. The number of carbonyl (C=O) groups excluding carboxylic acids is 1. The molecule has 2 aliphatic heterocycles. The Morgan fingerprint density at radius 2 is 1.94 bits per heavy atom. The molecule has 1 aromatic rings. The number of methoxy groups -OCH3 is 1. The predicted molar refractivity (Wildman–Crippen MR) is 104 cm³/mol. The lowest BCUT2D eigenvalue weighted by Gasteiger charge is -2.40. The number of amides is 2. The fourth-order valence-corrected chi connectivity index (χ4v) is 4.26. The molecular weight excluding hydrogens is 419 g/mol. The van der Waals surface area contributed by atoms with Crippen molar-refractivity contribution >= 4 is 17.8 Å². The van der Waals surface area contributed by atoms with Crippen LogP contribution in [-0.2, 0) is 4.79 Å². The van der Waals surface area contributed by atoms with Crippen LogP contribution in [0.1, 0.15) is 25.7 Å². The number of alkyl halides is 3. The maximum Gasteiger partial charge on any atom is 0.471 e. The van der Waals surface area contributed by atoms with Crippen molar-refractivity contribution in [2.75, 3.05) is 44.7 Å². The van der Waals surface area contributed by atoms with Crippen LogP contribution in [0.15, 0.2) is 12.4 Å². The van der Waals surface area contributed by atoms with E-state index in [0.29, 0.717) is 50.5 Å². The Morgan fingerprint density at radius 3 is 2.55 bits per heavy atom. The van der Waals surface area contributed by atoms with Crippen molar-refractivity contribution in [1.29, 1.82) is 0 Å². The fourth-order valence-electron chi connectivity index (χ4n) is 4.26. The average molecular weight is 445 g/mol. The molecule has 1 unspecified atom stereocenters. The molecule has 0 spiro atoms. The van der Waals surface area contributed by atoms with E-state index in [-0.39, 0.29) is 31.6 Å². The summed E-state index contributed by atoms with van der Waals surface area (Å²) in [4.78, 5) is 35.8. The number of piperidine rings is 2. The number of hydrogen-bond acceptors (Lipinski definition) is 6. The third kappa shape index (κ3) is 5.67. The Labute approximate surface area is 177 Å². The van der Waals surface area contributed by atoms with Gasteiger partial charge in [-0.15, -0.1) is 0 Å². The molecule has 1 aromatic heterocycles. The highest BCUT2D eigenvalue weighted by Gasteiger charge is 2.44. The number of anilines is 1. The lowest BCUT2D eigenvalue weighted by Crippen LogP contribution is -2.52. The van der Waals surface area contributed by atoms with Crippen LogP contribution in [0, 0.1) is 5.92 Å². The van der Waals surface area contributed by atoms with Gasteiger partial charge in [0.05, 0.1) is 7.11 Å². The van der Waals surface area contributed by atoms with Gasteiger partial charge in [0.2, 0.25) is 5.88 Å². The summed E-state index contributed by atoms with van der Waals surface area (Å²) in [5.74, 6) is -1.04. The van der Waals surface area contributed by atoms with Crippen LogP contribution in [0.4, 0.5) is 23.8 Å². The first-order valence-electron chi connectivity index (χ1n) is 10.2. The SMILES string of the molecule is COc1cc(N2CCC(N(CC3CCCN(C(=O)C(F)(F)F)C3)C(=O)O)CC2)ncn1. The van der Waals surface area contributed by atoms with Gasteiger partial charge < -0.3 is 24.5 Å². The average Bonchev–Trinajstić information content (AvgIpc) is 2.76. The van der Waals surface area contributed by atoms with Gasteiger partial charge in [-0.2, -0.15) is 13.2 Å². The zero-order chi connectivity index (χ0) is 22.6. The van der Waals surface area contributed by atoms with Gasteiger partial charge in [0, 0.05) is 44.8 Å². The molecule has 0 aliphatic carbocycles. The zero-order valence-corrected chi connectivity index (χ0v) is 17.2. The van der Waals surface area contributed by atoms with Gasteiger partial charge in [0.25, 0.3) is 0 Å². The first-order valence-corrected chi connectivity index (χ1v) is 10.2. The van der Waals surface area contributed by atoms with Crippen molar-refractivity contribution < 1.29 is 32.6 Å². The quantitative estimate of drug-likeness (QED) is 0.742. The molecule has 0 aromatic carbocycles. The minimum atomic E-state index is -4.91. The predicted octanol–water partition coefficient (Wildman–Crippen LogP) is 2.23. The van der Waals surface area contributed by atoms with Gasteiger partial charge in [-0.25, -0.2) is 14.8 Å². The highest BCUT2D eigenvalue weighted by Crippen LogP contribution is 2.27. The molecule has 3 heterocycles. The molecule has 9 nitrogen and oxygen atoms in total. The Morgan fingerprint density at radius 1 is 1.23 bits per heavy atom. The number of likely N-dealkylation sites (tertiary alicyclic amines) is 1. The van der Waals surface area contributed by atoms with Crippen molar-refractivity contribution in [2.45, 2.75) is 37.9 Å². The van der Waals surface area contributed by atoms with Crippen molar-refractivity contribution in [3.8, 4) is 5.88 Å². The molecule has 172 valence electrons. The summed E-state index contributed by atoms with van der Waals surface area (Å²) in [5, 5.41) is 9.73. The van der Waals surface area contributed by atoms with Crippen molar-refractivity contribution in [3.63, 3.8) is 0 Å². The number of halogens is 3. The molecule has 2 aliphatic rings. The number of ether oxygens (including phenoxy) is 1. The van der Waals surface area contributed by atoms with Crippen molar-refractivity contribution in [3.05, 3.63) is 12.4 Å². The Hall–Kier alpha value is -2.79. The van der Waals surface area contributed by atoms with E-state index in [2.05, 4.69) is 9.97 Å². The molecule has 1 atom stereocenters. The second-order valence-electron chi connectivity index (χ2n) is 7.83. The summed E-state index contributed by atoms with van der Waals surface area (Å²) in [6, 6.07) is 1.47. The molecular formula is C19H26F3N5O4. The summed E-state index contributed by atoms with van der Waals surface area (Å²) < 4.78 is 43.4. The molecule has 0 radical (unpaired) electrons. The molecule has 31 heavy (non-hydrogen) atoms. The largest absolute Gasteiger partial charge is 0.481 e. The first-order chi connectivity index (χ1) is 14.7. The van der Waals surface area contributed by atoms with Crippen molar-refractivity contribution in [1.82, 2.24) is 19.8 Å². The number of aromatic nitrogens is 2. The van der Waals surface area contributed by atoms with Gasteiger partial charge in [-0.05, 0) is 31.6 Å². The normalized spacial score (nSPS) is 20.5. The topological polar surface area (TPSA) is 99.1 Å². The zero-order valence-electron chi connectivity index (χ0n) is 17.2. The number of carbonyl (C=O) groups is 2. The summed E-state index contributed by atoms with van der Waals surface area (Å²) in [6.07, 6.45) is -2.46. The lowest BCUT2D eigenvalue weighted by atomic mass is 9.95. The molecule has 1 N–H and O–H groups in total. The molecule has 0 bridgehead atoms. The second-order valence-corrected chi connectivity index (χ2v) is 7.83. The van der Waals surface area contributed by atoms with Gasteiger partial charge in [-0.1, -0.05) is 0 Å². The van der Waals surface area contributed by atoms with Gasteiger partial charge in [-0.3, -0.25) is 4.79 Å². The number of nitrogens with zero attached hydrogens (tertiary/aromatic N) is 5. The Bertz CT molecular complexity index is 786. The maximum atomic E-state index is 12.7. The molecule has 3 rings (SSSR count). The van der Waals surface area contributed by atoms with Crippen LogP contribution in [0.3, 0.4) is 0 Å². The van der Waals surface area contributed by atoms with E-state index in [9.17, 15) is 27.9 Å². The van der Waals surface area contributed by atoms with E-state index in [1.165, 1.54) is 18.3 Å². The highest BCUT2D eigenvalue weighted by atomic mass is 19.4. The summed E-state index contributed by atoms with van der Waals surface area (Å²) in [6.45, 7) is 1.24. The summed E-state index contributed by atoms with van der Waals surface area (Å²) >= 11 is 0. The molecule has 2 fully saturated rings. The molecule has 12 heteroatoms. The maximum absolute atomic E-state index is 12.7. The van der Waals surface area contributed by atoms with E-state index in [4.69, 9.17) is 4.74 Å². The minimum Gasteiger partial charge on any atom is -0.481 e. The van der Waals surface area contributed by atoms with Crippen molar-refractivity contribution in [2.24, 2.45) is 5.92 Å². The van der Waals surface area contributed by atoms with E-state index in [1.807, 2.05) is 4.90 Å². The minimum absolute atomic E-state index is 0.0443. The van der Waals surface area contributed by atoms with E-state index >= 15 is 0 Å². The van der Waals surface area contributed by atoms with E-state index in [0.717, 1.165) is 4.90 Å². The molecule has 2 saturated heterocycles. The van der Waals surface area contributed by atoms with Crippen LogP contribution >= 0.6 is 0 Å².